The first kappa shape index (κ1) is 10.2. The standard InChI is InChI=1S/C14H11FN2/c15-9-4-5-14-12(8-9)10(6-7-16)11-2-1-3-13(11)17-14/h4-5,8H,1-3,6H2. The van der Waals surface area contributed by atoms with Crippen molar-refractivity contribution in [1.29, 1.82) is 5.26 Å². The zero-order valence-electron chi connectivity index (χ0n) is 9.33. The van der Waals surface area contributed by atoms with Crippen LogP contribution in [0.2, 0.25) is 0 Å². The topological polar surface area (TPSA) is 36.7 Å². The molecule has 1 heterocycles. The Bertz CT molecular complexity index is 641. The number of aryl methyl sites for hydroxylation is 1. The SMILES string of the molecule is N#CCc1c2c(nc3ccc(F)cc13)CCC2. The third-order valence-electron chi connectivity index (χ3n) is 3.35. The summed E-state index contributed by atoms with van der Waals surface area (Å²) in [6, 6.07) is 6.79. The van der Waals surface area contributed by atoms with Crippen molar-refractivity contribution in [3.05, 3.63) is 40.8 Å². The number of rotatable bonds is 1. The number of hydrogen-bond acceptors (Lipinski definition) is 2. The van der Waals surface area contributed by atoms with Gasteiger partial charge in [-0.2, -0.15) is 5.26 Å². The molecule has 1 aromatic carbocycles. The van der Waals surface area contributed by atoms with E-state index in [-0.39, 0.29) is 5.82 Å². The van der Waals surface area contributed by atoms with Crippen LogP contribution in [0.3, 0.4) is 0 Å². The van der Waals surface area contributed by atoms with Crippen LogP contribution in [0.1, 0.15) is 23.2 Å². The third-order valence-corrected chi connectivity index (χ3v) is 3.35. The van der Waals surface area contributed by atoms with E-state index in [9.17, 15) is 4.39 Å². The Morgan fingerprint density at radius 3 is 3.06 bits per heavy atom. The monoisotopic (exact) mass is 226 g/mol. The van der Waals surface area contributed by atoms with E-state index in [0.717, 1.165) is 41.4 Å². The van der Waals surface area contributed by atoms with Crippen LogP contribution in [0.25, 0.3) is 10.9 Å². The minimum Gasteiger partial charge on any atom is -0.253 e. The average molecular weight is 226 g/mol. The van der Waals surface area contributed by atoms with Gasteiger partial charge in [0.2, 0.25) is 0 Å². The van der Waals surface area contributed by atoms with Crippen LogP contribution in [0.15, 0.2) is 18.2 Å². The lowest BCUT2D eigenvalue weighted by Crippen LogP contribution is -1.98. The fourth-order valence-corrected chi connectivity index (χ4v) is 2.61. The van der Waals surface area contributed by atoms with Gasteiger partial charge in [0.25, 0.3) is 0 Å². The Kier molecular flexibility index (Phi) is 2.29. The van der Waals surface area contributed by atoms with Crippen LogP contribution in [-0.2, 0) is 19.3 Å². The van der Waals surface area contributed by atoms with Gasteiger partial charge < -0.3 is 0 Å². The zero-order valence-corrected chi connectivity index (χ0v) is 9.33. The van der Waals surface area contributed by atoms with E-state index in [4.69, 9.17) is 5.26 Å². The Hall–Kier alpha value is -1.95. The molecule has 0 bridgehead atoms. The summed E-state index contributed by atoms with van der Waals surface area (Å²) >= 11 is 0. The van der Waals surface area contributed by atoms with Gasteiger partial charge in [-0.25, -0.2) is 4.39 Å². The number of nitriles is 1. The lowest BCUT2D eigenvalue weighted by Gasteiger charge is -2.09. The van der Waals surface area contributed by atoms with Crippen LogP contribution in [0.5, 0.6) is 0 Å². The second-order valence-electron chi connectivity index (χ2n) is 4.37. The van der Waals surface area contributed by atoms with E-state index in [0.29, 0.717) is 6.42 Å². The molecule has 1 aliphatic rings. The fraction of sp³-hybridized carbons (Fsp3) is 0.286. The molecule has 0 spiro atoms. The van der Waals surface area contributed by atoms with Crippen molar-refractivity contribution in [2.75, 3.05) is 0 Å². The summed E-state index contributed by atoms with van der Waals surface area (Å²) in [5.41, 5.74) is 4.04. The predicted molar refractivity (Wildman–Crippen MR) is 63.0 cm³/mol. The molecule has 84 valence electrons. The van der Waals surface area contributed by atoms with Gasteiger partial charge in [-0.05, 0) is 48.6 Å². The number of hydrogen-bond donors (Lipinski definition) is 0. The number of pyridine rings is 1. The molecule has 17 heavy (non-hydrogen) atoms. The molecule has 0 amide bonds. The molecule has 0 fully saturated rings. The number of nitrogens with zero attached hydrogens (tertiary/aromatic N) is 2. The van der Waals surface area contributed by atoms with E-state index in [1.807, 2.05) is 0 Å². The first-order valence-corrected chi connectivity index (χ1v) is 5.76. The van der Waals surface area contributed by atoms with E-state index < -0.39 is 0 Å². The van der Waals surface area contributed by atoms with Crippen molar-refractivity contribution in [3.8, 4) is 6.07 Å². The van der Waals surface area contributed by atoms with Crippen LogP contribution < -0.4 is 0 Å². The molecular weight excluding hydrogens is 215 g/mol. The third kappa shape index (κ3) is 1.57. The fourth-order valence-electron chi connectivity index (χ4n) is 2.61. The highest BCUT2D eigenvalue weighted by Gasteiger charge is 2.19. The first-order chi connectivity index (χ1) is 8.29. The Morgan fingerprint density at radius 2 is 2.24 bits per heavy atom. The van der Waals surface area contributed by atoms with Crippen LogP contribution in [0, 0.1) is 17.1 Å². The smallest absolute Gasteiger partial charge is 0.123 e. The lowest BCUT2D eigenvalue weighted by atomic mass is 9.99. The Morgan fingerprint density at radius 1 is 1.35 bits per heavy atom. The molecule has 0 saturated heterocycles. The van der Waals surface area contributed by atoms with Gasteiger partial charge in [-0.3, -0.25) is 4.98 Å². The molecule has 3 heteroatoms. The van der Waals surface area contributed by atoms with Crippen LogP contribution >= 0.6 is 0 Å². The summed E-state index contributed by atoms with van der Waals surface area (Å²) in [5.74, 6) is -0.267. The van der Waals surface area contributed by atoms with Crippen LogP contribution in [-0.4, -0.2) is 4.98 Å². The van der Waals surface area contributed by atoms with Crippen molar-refractivity contribution in [3.63, 3.8) is 0 Å². The minimum absolute atomic E-state index is 0.267. The second-order valence-corrected chi connectivity index (χ2v) is 4.37. The molecule has 2 aromatic rings. The number of fused-ring (bicyclic) bond motifs is 2. The maximum absolute atomic E-state index is 13.3. The van der Waals surface area contributed by atoms with Crippen molar-refractivity contribution >= 4 is 10.9 Å². The lowest BCUT2D eigenvalue weighted by molar-refractivity contribution is 0.629. The van der Waals surface area contributed by atoms with E-state index in [2.05, 4.69) is 11.1 Å². The number of aromatic nitrogens is 1. The van der Waals surface area contributed by atoms with Crippen molar-refractivity contribution in [2.24, 2.45) is 0 Å². The molecule has 0 radical (unpaired) electrons. The molecular formula is C14H11FN2. The molecule has 0 N–H and O–H groups in total. The molecule has 2 nitrogen and oxygen atoms in total. The number of benzene rings is 1. The van der Waals surface area contributed by atoms with Crippen molar-refractivity contribution in [2.45, 2.75) is 25.7 Å². The summed E-state index contributed by atoms with van der Waals surface area (Å²) < 4.78 is 13.3. The molecule has 0 saturated carbocycles. The largest absolute Gasteiger partial charge is 0.253 e. The van der Waals surface area contributed by atoms with Gasteiger partial charge in [-0.15, -0.1) is 0 Å². The average Bonchev–Trinajstić information content (AvgIpc) is 2.77. The van der Waals surface area contributed by atoms with E-state index >= 15 is 0 Å². The van der Waals surface area contributed by atoms with E-state index in [1.165, 1.54) is 17.7 Å². The normalized spacial score (nSPS) is 13.6. The van der Waals surface area contributed by atoms with Gasteiger partial charge in [0, 0.05) is 11.1 Å². The van der Waals surface area contributed by atoms with Gasteiger partial charge in [-0.1, -0.05) is 0 Å². The predicted octanol–water partition coefficient (Wildman–Crippen LogP) is 2.93. The zero-order chi connectivity index (χ0) is 11.8. The highest BCUT2D eigenvalue weighted by atomic mass is 19.1. The summed E-state index contributed by atoms with van der Waals surface area (Å²) in [7, 11) is 0. The maximum Gasteiger partial charge on any atom is 0.123 e. The molecule has 0 unspecified atom stereocenters. The molecule has 0 atom stereocenters. The first-order valence-electron chi connectivity index (χ1n) is 5.76. The Balaban J connectivity index is 2.37. The minimum atomic E-state index is -0.267. The summed E-state index contributed by atoms with van der Waals surface area (Å²) in [6.45, 7) is 0. The van der Waals surface area contributed by atoms with Gasteiger partial charge in [0.15, 0.2) is 0 Å². The molecule has 1 aromatic heterocycles. The maximum atomic E-state index is 13.3. The highest BCUT2D eigenvalue weighted by molar-refractivity contribution is 5.84. The second kappa shape index (κ2) is 3.81. The quantitative estimate of drug-likeness (QED) is 0.749. The van der Waals surface area contributed by atoms with Crippen molar-refractivity contribution in [1.82, 2.24) is 4.98 Å². The summed E-state index contributed by atoms with van der Waals surface area (Å²) in [4.78, 5) is 4.56. The van der Waals surface area contributed by atoms with Gasteiger partial charge in [0.1, 0.15) is 5.82 Å². The van der Waals surface area contributed by atoms with E-state index in [1.54, 1.807) is 6.07 Å². The van der Waals surface area contributed by atoms with Gasteiger partial charge in [0.05, 0.1) is 18.0 Å². The van der Waals surface area contributed by atoms with Crippen molar-refractivity contribution < 1.29 is 4.39 Å². The highest BCUT2D eigenvalue weighted by Crippen LogP contribution is 2.30. The van der Waals surface area contributed by atoms with Crippen LogP contribution in [0.4, 0.5) is 4.39 Å². The summed E-state index contributed by atoms with van der Waals surface area (Å²) in [5, 5.41) is 9.71. The molecule has 0 aliphatic heterocycles. The molecule has 1 aliphatic carbocycles. The number of halogens is 1. The molecule has 3 rings (SSSR count). The Labute approximate surface area is 98.7 Å². The van der Waals surface area contributed by atoms with Gasteiger partial charge >= 0.3 is 0 Å². The summed E-state index contributed by atoms with van der Waals surface area (Å²) in [6.07, 6.45) is 3.36.